The zero-order valence-corrected chi connectivity index (χ0v) is 11.0. The molecule has 88 valence electrons. The second-order valence-electron chi connectivity index (χ2n) is 4.29. The van der Waals surface area contributed by atoms with Crippen LogP contribution >= 0.6 is 11.6 Å². The largest absolute Gasteiger partial charge is 0.397 e. The van der Waals surface area contributed by atoms with E-state index >= 15 is 0 Å². The van der Waals surface area contributed by atoms with Crippen LogP contribution in [0, 0.1) is 20.8 Å². The van der Waals surface area contributed by atoms with E-state index in [1.54, 1.807) is 0 Å². The molecule has 0 unspecified atom stereocenters. The Morgan fingerprint density at radius 2 is 1.71 bits per heavy atom. The average Bonchev–Trinajstić information content (AvgIpc) is 2.27. The Kier molecular flexibility index (Phi) is 3.07. The molecule has 0 saturated carbocycles. The highest BCUT2D eigenvalue weighted by Gasteiger charge is 2.08. The Labute approximate surface area is 106 Å². The van der Waals surface area contributed by atoms with Gasteiger partial charge in [-0.3, -0.25) is 4.98 Å². The SMILES string of the molecule is Cc1cc(Cl)c(-c2ccc(N)c(C)n2)cc1C. The van der Waals surface area contributed by atoms with E-state index in [0.717, 1.165) is 22.0 Å². The standard InChI is InChI=1S/C14H15ClN2/c1-8-6-11(12(15)7-9(8)2)14-5-4-13(16)10(3)17-14/h4-7H,16H2,1-3H3. The number of anilines is 1. The summed E-state index contributed by atoms with van der Waals surface area (Å²) in [6, 6.07) is 7.80. The first-order valence-corrected chi connectivity index (χ1v) is 5.87. The molecule has 1 aromatic heterocycles. The van der Waals surface area contributed by atoms with Gasteiger partial charge in [-0.1, -0.05) is 11.6 Å². The quantitative estimate of drug-likeness (QED) is 0.829. The Bertz CT molecular complexity index is 577. The summed E-state index contributed by atoms with van der Waals surface area (Å²) in [6.07, 6.45) is 0. The molecule has 2 rings (SSSR count). The van der Waals surface area contributed by atoms with Crippen molar-refractivity contribution in [2.24, 2.45) is 0 Å². The third-order valence-corrected chi connectivity index (χ3v) is 3.30. The molecule has 0 spiro atoms. The summed E-state index contributed by atoms with van der Waals surface area (Å²) in [5.41, 5.74) is 11.5. The highest BCUT2D eigenvalue weighted by Crippen LogP contribution is 2.30. The second kappa shape index (κ2) is 4.38. The van der Waals surface area contributed by atoms with Crippen LogP contribution in [0.25, 0.3) is 11.3 Å². The van der Waals surface area contributed by atoms with Crippen molar-refractivity contribution in [3.8, 4) is 11.3 Å². The van der Waals surface area contributed by atoms with Crippen molar-refractivity contribution in [3.05, 3.63) is 46.1 Å². The van der Waals surface area contributed by atoms with Crippen LogP contribution < -0.4 is 5.73 Å². The number of aryl methyl sites for hydroxylation is 3. The molecule has 2 N–H and O–H groups in total. The maximum Gasteiger partial charge on any atom is 0.0721 e. The lowest BCUT2D eigenvalue weighted by molar-refractivity contribution is 1.21. The molecule has 1 aromatic carbocycles. The summed E-state index contributed by atoms with van der Waals surface area (Å²) in [7, 11) is 0. The van der Waals surface area contributed by atoms with E-state index in [4.69, 9.17) is 17.3 Å². The molecule has 1 heterocycles. The predicted octanol–water partition coefficient (Wildman–Crippen LogP) is 3.91. The molecule has 3 heteroatoms. The minimum absolute atomic E-state index is 0.703. The second-order valence-corrected chi connectivity index (χ2v) is 4.69. The van der Waals surface area contributed by atoms with Crippen molar-refractivity contribution in [3.63, 3.8) is 0 Å². The molecule has 2 aromatic rings. The molecule has 0 saturated heterocycles. The van der Waals surface area contributed by atoms with Crippen molar-refractivity contribution in [2.45, 2.75) is 20.8 Å². The fourth-order valence-corrected chi connectivity index (χ4v) is 2.01. The number of aromatic nitrogens is 1. The van der Waals surface area contributed by atoms with Crippen LogP contribution in [-0.2, 0) is 0 Å². The number of benzene rings is 1. The first-order chi connectivity index (χ1) is 7.99. The van der Waals surface area contributed by atoms with Crippen LogP contribution in [0.1, 0.15) is 16.8 Å². The zero-order valence-electron chi connectivity index (χ0n) is 10.2. The minimum Gasteiger partial charge on any atom is -0.397 e. The van der Waals surface area contributed by atoms with E-state index < -0.39 is 0 Å². The summed E-state index contributed by atoms with van der Waals surface area (Å²) in [6.45, 7) is 6.01. The van der Waals surface area contributed by atoms with Crippen molar-refractivity contribution >= 4 is 17.3 Å². The van der Waals surface area contributed by atoms with Crippen LogP contribution in [0.4, 0.5) is 5.69 Å². The van der Waals surface area contributed by atoms with Gasteiger partial charge in [-0.05, 0) is 56.2 Å². The summed E-state index contributed by atoms with van der Waals surface area (Å²) in [5.74, 6) is 0. The third kappa shape index (κ3) is 2.27. The van der Waals surface area contributed by atoms with Crippen molar-refractivity contribution in [2.75, 3.05) is 5.73 Å². The van der Waals surface area contributed by atoms with Gasteiger partial charge in [0.2, 0.25) is 0 Å². The summed E-state index contributed by atoms with van der Waals surface area (Å²) in [4.78, 5) is 4.47. The molecule has 0 radical (unpaired) electrons. The van der Waals surface area contributed by atoms with Gasteiger partial charge in [-0.15, -0.1) is 0 Å². The van der Waals surface area contributed by atoms with E-state index in [0.29, 0.717) is 5.69 Å². The lowest BCUT2D eigenvalue weighted by Crippen LogP contribution is -1.95. The van der Waals surface area contributed by atoms with Gasteiger partial charge in [0.15, 0.2) is 0 Å². The molecule has 0 bridgehead atoms. The molecule has 0 atom stereocenters. The highest BCUT2D eigenvalue weighted by atomic mass is 35.5. The fourth-order valence-electron chi connectivity index (χ4n) is 1.70. The molecular formula is C14H15ClN2. The van der Waals surface area contributed by atoms with Crippen LogP contribution in [0.2, 0.25) is 5.02 Å². The lowest BCUT2D eigenvalue weighted by Gasteiger charge is -2.09. The normalized spacial score (nSPS) is 10.6. The van der Waals surface area contributed by atoms with Gasteiger partial charge in [0, 0.05) is 5.56 Å². The number of hydrogen-bond donors (Lipinski definition) is 1. The number of pyridine rings is 1. The summed E-state index contributed by atoms with van der Waals surface area (Å²) in [5, 5.41) is 0.727. The minimum atomic E-state index is 0.703. The van der Waals surface area contributed by atoms with Crippen LogP contribution in [-0.4, -0.2) is 4.98 Å². The van der Waals surface area contributed by atoms with Crippen molar-refractivity contribution < 1.29 is 0 Å². The van der Waals surface area contributed by atoms with Crippen LogP contribution in [0.15, 0.2) is 24.3 Å². The topological polar surface area (TPSA) is 38.9 Å². The maximum atomic E-state index is 6.26. The predicted molar refractivity (Wildman–Crippen MR) is 73.3 cm³/mol. The van der Waals surface area contributed by atoms with E-state index in [2.05, 4.69) is 18.0 Å². The highest BCUT2D eigenvalue weighted by molar-refractivity contribution is 6.33. The first kappa shape index (κ1) is 11.9. The monoisotopic (exact) mass is 246 g/mol. The van der Waals surface area contributed by atoms with Crippen molar-refractivity contribution in [1.82, 2.24) is 4.98 Å². The Hall–Kier alpha value is -1.54. The maximum absolute atomic E-state index is 6.26. The molecule has 0 aliphatic carbocycles. The van der Waals surface area contributed by atoms with Gasteiger partial charge < -0.3 is 5.73 Å². The summed E-state index contributed by atoms with van der Waals surface area (Å²) >= 11 is 6.26. The summed E-state index contributed by atoms with van der Waals surface area (Å²) < 4.78 is 0. The molecule has 0 fully saturated rings. The van der Waals surface area contributed by atoms with Gasteiger partial charge >= 0.3 is 0 Å². The van der Waals surface area contributed by atoms with E-state index in [9.17, 15) is 0 Å². The van der Waals surface area contributed by atoms with E-state index in [-0.39, 0.29) is 0 Å². The van der Waals surface area contributed by atoms with E-state index in [1.807, 2.05) is 32.0 Å². The molecule has 0 aliphatic rings. The third-order valence-electron chi connectivity index (χ3n) is 2.99. The van der Waals surface area contributed by atoms with E-state index in [1.165, 1.54) is 11.1 Å². The zero-order chi connectivity index (χ0) is 12.6. The van der Waals surface area contributed by atoms with Crippen molar-refractivity contribution in [1.29, 1.82) is 0 Å². The van der Waals surface area contributed by atoms with Crippen LogP contribution in [0.5, 0.6) is 0 Å². The lowest BCUT2D eigenvalue weighted by atomic mass is 10.0. The number of nitrogens with zero attached hydrogens (tertiary/aromatic N) is 1. The van der Waals surface area contributed by atoms with Gasteiger partial charge in [0.05, 0.1) is 22.1 Å². The molecule has 0 aliphatic heterocycles. The molecular weight excluding hydrogens is 232 g/mol. The van der Waals surface area contributed by atoms with Gasteiger partial charge in [0.1, 0.15) is 0 Å². The average molecular weight is 247 g/mol. The fraction of sp³-hybridized carbons (Fsp3) is 0.214. The van der Waals surface area contributed by atoms with Gasteiger partial charge in [0.25, 0.3) is 0 Å². The Balaban J connectivity index is 2.60. The van der Waals surface area contributed by atoms with Gasteiger partial charge in [-0.2, -0.15) is 0 Å². The number of nitrogens with two attached hydrogens (primary N) is 1. The molecule has 2 nitrogen and oxygen atoms in total. The first-order valence-electron chi connectivity index (χ1n) is 5.49. The van der Waals surface area contributed by atoms with Gasteiger partial charge in [-0.25, -0.2) is 0 Å². The molecule has 0 amide bonds. The smallest absolute Gasteiger partial charge is 0.0721 e. The molecule has 17 heavy (non-hydrogen) atoms. The number of nitrogen functional groups attached to an aromatic ring is 1. The number of hydrogen-bond acceptors (Lipinski definition) is 2. The Morgan fingerprint density at radius 3 is 2.35 bits per heavy atom. The number of halogens is 1. The Morgan fingerprint density at radius 1 is 1.06 bits per heavy atom. The number of rotatable bonds is 1. The van der Waals surface area contributed by atoms with Crippen LogP contribution in [0.3, 0.4) is 0 Å².